The van der Waals surface area contributed by atoms with Crippen molar-refractivity contribution in [3.05, 3.63) is 29.8 Å². The summed E-state index contributed by atoms with van der Waals surface area (Å²) in [5.41, 5.74) is 6.00. The molecule has 0 saturated heterocycles. The number of ether oxygens (including phenoxy) is 1. The van der Waals surface area contributed by atoms with Crippen molar-refractivity contribution >= 4 is 17.4 Å². The molecule has 1 aromatic rings. The van der Waals surface area contributed by atoms with Crippen LogP contribution in [-0.4, -0.2) is 18.4 Å². The van der Waals surface area contributed by atoms with Crippen LogP contribution in [0.4, 0.5) is 5.69 Å². The van der Waals surface area contributed by atoms with Gasteiger partial charge in [0, 0.05) is 5.69 Å². The van der Waals surface area contributed by atoms with Gasteiger partial charge < -0.3 is 10.5 Å². The topological polar surface area (TPSA) is 69.4 Å². The summed E-state index contributed by atoms with van der Waals surface area (Å²) in [4.78, 5) is 22.5. The Labute approximate surface area is 81.7 Å². The van der Waals surface area contributed by atoms with Crippen LogP contribution in [-0.2, 0) is 9.53 Å². The summed E-state index contributed by atoms with van der Waals surface area (Å²) in [6.45, 7) is 1.82. The molecular weight excluding hydrogens is 182 g/mol. The van der Waals surface area contributed by atoms with E-state index < -0.39 is 11.8 Å². The van der Waals surface area contributed by atoms with Crippen molar-refractivity contribution in [3.8, 4) is 0 Å². The molecule has 0 spiro atoms. The van der Waals surface area contributed by atoms with Gasteiger partial charge in [0.15, 0.2) is 0 Å². The molecule has 0 fully saturated rings. The Bertz CT molecular complexity index is 360. The SMILES string of the molecule is CCOC(=O)C(=O)c1ccccc1N. The van der Waals surface area contributed by atoms with Gasteiger partial charge in [0.2, 0.25) is 0 Å². The maximum Gasteiger partial charge on any atom is 0.379 e. The third kappa shape index (κ3) is 2.10. The van der Waals surface area contributed by atoms with E-state index in [9.17, 15) is 9.59 Å². The third-order valence-electron chi connectivity index (χ3n) is 1.67. The van der Waals surface area contributed by atoms with E-state index in [4.69, 9.17) is 5.73 Å². The third-order valence-corrected chi connectivity index (χ3v) is 1.67. The van der Waals surface area contributed by atoms with Crippen molar-refractivity contribution in [2.75, 3.05) is 12.3 Å². The van der Waals surface area contributed by atoms with Crippen molar-refractivity contribution in [1.29, 1.82) is 0 Å². The molecule has 0 amide bonds. The molecule has 0 radical (unpaired) electrons. The first-order valence-corrected chi connectivity index (χ1v) is 4.22. The minimum Gasteiger partial charge on any atom is -0.460 e. The van der Waals surface area contributed by atoms with E-state index in [0.717, 1.165) is 0 Å². The van der Waals surface area contributed by atoms with Crippen LogP contribution in [0.3, 0.4) is 0 Å². The van der Waals surface area contributed by atoms with Gasteiger partial charge in [0.05, 0.1) is 12.2 Å². The van der Waals surface area contributed by atoms with Crippen LogP contribution < -0.4 is 5.73 Å². The van der Waals surface area contributed by atoms with Crippen molar-refractivity contribution in [2.24, 2.45) is 0 Å². The Morgan fingerprint density at radius 2 is 2.00 bits per heavy atom. The standard InChI is InChI=1S/C10H11NO3/c1-2-14-10(13)9(12)7-5-3-4-6-8(7)11/h3-6H,2,11H2,1H3. The monoisotopic (exact) mass is 193 g/mol. The van der Waals surface area contributed by atoms with E-state index in [1.54, 1.807) is 25.1 Å². The summed E-state index contributed by atoms with van der Waals surface area (Å²) in [5.74, 6) is -1.57. The molecule has 74 valence electrons. The number of hydrogen-bond donors (Lipinski definition) is 1. The van der Waals surface area contributed by atoms with E-state index >= 15 is 0 Å². The summed E-state index contributed by atoms with van der Waals surface area (Å²) in [6.07, 6.45) is 0. The van der Waals surface area contributed by atoms with E-state index in [1.165, 1.54) is 6.07 Å². The molecule has 0 saturated carbocycles. The lowest BCUT2D eigenvalue weighted by atomic mass is 10.1. The zero-order valence-electron chi connectivity index (χ0n) is 7.82. The van der Waals surface area contributed by atoms with Crippen LogP contribution in [0.25, 0.3) is 0 Å². The maximum atomic E-state index is 11.4. The molecular formula is C10H11NO3. The first-order chi connectivity index (χ1) is 6.66. The Morgan fingerprint density at radius 1 is 1.36 bits per heavy atom. The molecule has 4 nitrogen and oxygen atoms in total. The predicted molar refractivity (Wildman–Crippen MR) is 51.8 cm³/mol. The fourth-order valence-corrected chi connectivity index (χ4v) is 1.01. The minimum absolute atomic E-state index is 0.178. The van der Waals surface area contributed by atoms with Crippen LogP contribution in [0.1, 0.15) is 17.3 Å². The van der Waals surface area contributed by atoms with Gasteiger partial charge in [-0.25, -0.2) is 4.79 Å². The van der Waals surface area contributed by atoms with E-state index in [-0.39, 0.29) is 17.9 Å². The lowest BCUT2D eigenvalue weighted by molar-refractivity contribution is -0.137. The second-order valence-corrected chi connectivity index (χ2v) is 2.64. The number of ketones is 1. The fourth-order valence-electron chi connectivity index (χ4n) is 1.01. The lowest BCUT2D eigenvalue weighted by Gasteiger charge is -2.03. The van der Waals surface area contributed by atoms with Gasteiger partial charge in [0.1, 0.15) is 0 Å². The van der Waals surface area contributed by atoms with E-state index in [1.807, 2.05) is 0 Å². The maximum absolute atomic E-state index is 11.4. The number of esters is 1. The largest absolute Gasteiger partial charge is 0.460 e. The molecule has 14 heavy (non-hydrogen) atoms. The number of anilines is 1. The smallest absolute Gasteiger partial charge is 0.379 e. The molecule has 0 bridgehead atoms. The van der Waals surface area contributed by atoms with Gasteiger partial charge in [-0.3, -0.25) is 4.79 Å². The minimum atomic E-state index is -0.870. The van der Waals surface area contributed by atoms with Gasteiger partial charge in [-0.05, 0) is 19.1 Å². The number of rotatable bonds is 3. The summed E-state index contributed by atoms with van der Waals surface area (Å²) in [5, 5.41) is 0. The Balaban J connectivity index is 2.90. The first-order valence-electron chi connectivity index (χ1n) is 4.22. The number of carbonyl (C=O) groups is 2. The number of nitrogens with two attached hydrogens (primary N) is 1. The van der Waals surface area contributed by atoms with Gasteiger partial charge >= 0.3 is 5.97 Å². The Kier molecular flexibility index (Phi) is 3.23. The number of para-hydroxylation sites is 1. The highest BCUT2D eigenvalue weighted by Crippen LogP contribution is 2.11. The van der Waals surface area contributed by atoms with Crippen molar-refractivity contribution in [2.45, 2.75) is 6.92 Å². The fraction of sp³-hybridized carbons (Fsp3) is 0.200. The van der Waals surface area contributed by atoms with Crippen molar-refractivity contribution < 1.29 is 14.3 Å². The molecule has 0 aliphatic heterocycles. The summed E-state index contributed by atoms with van der Waals surface area (Å²) >= 11 is 0. The highest BCUT2D eigenvalue weighted by atomic mass is 16.5. The highest BCUT2D eigenvalue weighted by molar-refractivity contribution is 6.41. The number of Topliss-reactive ketones (excluding diaryl/α,β-unsaturated/α-hetero) is 1. The predicted octanol–water partition coefficient (Wildman–Crippen LogP) is 1.01. The van der Waals surface area contributed by atoms with Crippen molar-refractivity contribution in [3.63, 3.8) is 0 Å². The zero-order valence-corrected chi connectivity index (χ0v) is 7.82. The Hall–Kier alpha value is -1.84. The van der Waals surface area contributed by atoms with Gasteiger partial charge in [0.25, 0.3) is 5.78 Å². The van der Waals surface area contributed by atoms with E-state index in [0.29, 0.717) is 0 Å². The molecule has 2 N–H and O–H groups in total. The molecule has 1 aromatic carbocycles. The first kappa shape index (κ1) is 10.2. The van der Waals surface area contributed by atoms with Crippen LogP contribution in [0.5, 0.6) is 0 Å². The van der Waals surface area contributed by atoms with Crippen LogP contribution in [0.15, 0.2) is 24.3 Å². The number of nitrogen functional groups attached to an aromatic ring is 1. The summed E-state index contributed by atoms with van der Waals surface area (Å²) < 4.78 is 4.57. The average Bonchev–Trinajstić information content (AvgIpc) is 2.18. The van der Waals surface area contributed by atoms with Crippen LogP contribution in [0, 0.1) is 0 Å². The van der Waals surface area contributed by atoms with Crippen LogP contribution in [0.2, 0.25) is 0 Å². The number of carbonyl (C=O) groups excluding carboxylic acids is 2. The molecule has 0 atom stereocenters. The van der Waals surface area contributed by atoms with Gasteiger partial charge in [-0.2, -0.15) is 0 Å². The zero-order chi connectivity index (χ0) is 10.6. The quantitative estimate of drug-likeness (QED) is 0.336. The van der Waals surface area contributed by atoms with Crippen molar-refractivity contribution in [1.82, 2.24) is 0 Å². The molecule has 0 aliphatic rings. The van der Waals surface area contributed by atoms with Crippen LogP contribution >= 0.6 is 0 Å². The molecule has 0 heterocycles. The molecule has 1 rings (SSSR count). The molecule has 0 unspecified atom stereocenters. The normalized spacial score (nSPS) is 9.50. The summed E-state index contributed by atoms with van der Waals surface area (Å²) in [6, 6.07) is 6.39. The molecule has 4 heteroatoms. The second kappa shape index (κ2) is 4.41. The average molecular weight is 193 g/mol. The van der Waals surface area contributed by atoms with E-state index in [2.05, 4.69) is 4.74 Å². The number of hydrogen-bond acceptors (Lipinski definition) is 4. The Morgan fingerprint density at radius 3 is 2.57 bits per heavy atom. The molecule has 0 aromatic heterocycles. The molecule has 0 aliphatic carbocycles. The lowest BCUT2D eigenvalue weighted by Crippen LogP contribution is -2.18. The van der Waals surface area contributed by atoms with Gasteiger partial charge in [-0.1, -0.05) is 12.1 Å². The summed E-state index contributed by atoms with van der Waals surface area (Å²) in [7, 11) is 0. The second-order valence-electron chi connectivity index (χ2n) is 2.64. The number of benzene rings is 1. The van der Waals surface area contributed by atoms with Gasteiger partial charge in [-0.15, -0.1) is 0 Å². The highest BCUT2D eigenvalue weighted by Gasteiger charge is 2.18.